The first-order chi connectivity index (χ1) is 7.33. The van der Waals surface area contributed by atoms with Gasteiger partial charge in [-0.05, 0) is 19.0 Å². The molecule has 0 saturated carbocycles. The number of anilines is 1. The number of nitrogens with one attached hydrogen (secondary N) is 1. The number of nitrogens with two attached hydrogens (primary N) is 1. The second kappa shape index (κ2) is 7.06. The van der Waals surface area contributed by atoms with Crippen molar-refractivity contribution in [1.29, 1.82) is 0 Å². The summed E-state index contributed by atoms with van der Waals surface area (Å²) in [6.45, 7) is 4.72. The van der Waals surface area contributed by atoms with Gasteiger partial charge in [0.1, 0.15) is 6.61 Å². The summed E-state index contributed by atoms with van der Waals surface area (Å²) in [5, 5.41) is 3.29. The number of rotatable bonds is 7. The molecule has 0 radical (unpaired) electrons. The van der Waals surface area contributed by atoms with Crippen LogP contribution in [0.3, 0.4) is 0 Å². The topological polar surface area (TPSA) is 60.2 Å². The lowest BCUT2D eigenvalue weighted by molar-refractivity contribution is 0.302. The molecule has 0 fully saturated rings. The average Bonchev–Trinajstić information content (AvgIpc) is 2.26. The van der Waals surface area contributed by atoms with Crippen LogP contribution in [0.4, 0.5) is 5.69 Å². The normalized spacial score (nSPS) is 10.2. The SMILES string of the molecule is CCCCNCCOc1ccc(N)cn1. The van der Waals surface area contributed by atoms with E-state index < -0.39 is 0 Å². The van der Waals surface area contributed by atoms with Crippen molar-refractivity contribution in [2.24, 2.45) is 0 Å². The summed E-state index contributed by atoms with van der Waals surface area (Å²) in [5.74, 6) is 0.626. The number of ether oxygens (including phenoxy) is 1. The number of aromatic nitrogens is 1. The molecule has 0 spiro atoms. The van der Waals surface area contributed by atoms with Gasteiger partial charge in [0.25, 0.3) is 0 Å². The van der Waals surface area contributed by atoms with Gasteiger partial charge in [-0.2, -0.15) is 0 Å². The molecule has 0 aliphatic carbocycles. The summed E-state index contributed by atoms with van der Waals surface area (Å²) >= 11 is 0. The molecule has 0 aliphatic heterocycles. The Morgan fingerprint density at radius 2 is 2.27 bits per heavy atom. The molecule has 1 aromatic heterocycles. The minimum Gasteiger partial charge on any atom is -0.476 e. The lowest BCUT2D eigenvalue weighted by atomic mass is 10.3. The fourth-order valence-electron chi connectivity index (χ4n) is 1.13. The van der Waals surface area contributed by atoms with Gasteiger partial charge in [-0.1, -0.05) is 13.3 Å². The van der Waals surface area contributed by atoms with Gasteiger partial charge in [0, 0.05) is 12.6 Å². The smallest absolute Gasteiger partial charge is 0.213 e. The molecule has 1 aromatic rings. The second-order valence-corrected chi connectivity index (χ2v) is 3.38. The Labute approximate surface area is 90.8 Å². The van der Waals surface area contributed by atoms with Crippen molar-refractivity contribution in [2.45, 2.75) is 19.8 Å². The van der Waals surface area contributed by atoms with E-state index in [0.717, 1.165) is 13.1 Å². The van der Waals surface area contributed by atoms with Crippen LogP contribution >= 0.6 is 0 Å². The number of nitrogens with zero attached hydrogens (tertiary/aromatic N) is 1. The first kappa shape index (κ1) is 11.8. The molecule has 15 heavy (non-hydrogen) atoms. The van der Waals surface area contributed by atoms with Crippen LogP contribution in [0.25, 0.3) is 0 Å². The molecule has 1 rings (SSSR count). The molecule has 84 valence electrons. The van der Waals surface area contributed by atoms with Crippen molar-refractivity contribution in [2.75, 3.05) is 25.4 Å². The number of hydrogen-bond acceptors (Lipinski definition) is 4. The van der Waals surface area contributed by atoms with Crippen molar-refractivity contribution in [3.63, 3.8) is 0 Å². The first-order valence-corrected chi connectivity index (χ1v) is 5.38. The van der Waals surface area contributed by atoms with Crippen LogP contribution in [0.5, 0.6) is 5.88 Å². The maximum absolute atomic E-state index is 5.51. The van der Waals surface area contributed by atoms with Crippen molar-refractivity contribution in [3.05, 3.63) is 18.3 Å². The van der Waals surface area contributed by atoms with Crippen LogP contribution < -0.4 is 15.8 Å². The number of pyridine rings is 1. The van der Waals surface area contributed by atoms with E-state index in [9.17, 15) is 0 Å². The Kier molecular flexibility index (Phi) is 5.55. The fraction of sp³-hybridized carbons (Fsp3) is 0.545. The van der Waals surface area contributed by atoms with Gasteiger partial charge in [-0.15, -0.1) is 0 Å². The van der Waals surface area contributed by atoms with Gasteiger partial charge < -0.3 is 15.8 Å². The van der Waals surface area contributed by atoms with Crippen molar-refractivity contribution in [3.8, 4) is 5.88 Å². The second-order valence-electron chi connectivity index (χ2n) is 3.38. The third-order valence-electron chi connectivity index (χ3n) is 2.00. The quantitative estimate of drug-likeness (QED) is 0.667. The summed E-state index contributed by atoms with van der Waals surface area (Å²) < 4.78 is 5.41. The van der Waals surface area contributed by atoms with E-state index in [1.165, 1.54) is 12.8 Å². The van der Waals surface area contributed by atoms with E-state index in [-0.39, 0.29) is 0 Å². The van der Waals surface area contributed by atoms with Gasteiger partial charge >= 0.3 is 0 Å². The van der Waals surface area contributed by atoms with Crippen LogP contribution in [0.2, 0.25) is 0 Å². The highest BCUT2D eigenvalue weighted by Crippen LogP contribution is 2.07. The Bertz CT molecular complexity index is 261. The molecule has 4 nitrogen and oxygen atoms in total. The number of unbranched alkanes of at least 4 members (excludes halogenated alkanes) is 1. The van der Waals surface area contributed by atoms with Crippen molar-refractivity contribution >= 4 is 5.69 Å². The van der Waals surface area contributed by atoms with Gasteiger partial charge in [0.15, 0.2) is 0 Å². The van der Waals surface area contributed by atoms with E-state index in [0.29, 0.717) is 18.2 Å². The predicted molar refractivity (Wildman–Crippen MR) is 61.9 cm³/mol. The molecule has 0 unspecified atom stereocenters. The summed E-state index contributed by atoms with van der Waals surface area (Å²) in [7, 11) is 0. The molecule has 3 N–H and O–H groups in total. The van der Waals surface area contributed by atoms with Gasteiger partial charge in [0.05, 0.1) is 11.9 Å². The van der Waals surface area contributed by atoms with E-state index in [4.69, 9.17) is 10.5 Å². The van der Waals surface area contributed by atoms with Gasteiger partial charge in [-0.3, -0.25) is 0 Å². The minimum atomic E-state index is 0.626. The lowest BCUT2D eigenvalue weighted by Crippen LogP contribution is -2.22. The average molecular weight is 209 g/mol. The molecule has 0 amide bonds. The van der Waals surface area contributed by atoms with Gasteiger partial charge in [0.2, 0.25) is 5.88 Å². The molecule has 0 atom stereocenters. The summed E-state index contributed by atoms with van der Waals surface area (Å²) in [6, 6.07) is 3.56. The van der Waals surface area contributed by atoms with E-state index in [1.807, 2.05) is 0 Å². The van der Waals surface area contributed by atoms with E-state index in [1.54, 1.807) is 18.3 Å². The number of nitrogen functional groups attached to an aromatic ring is 1. The lowest BCUT2D eigenvalue weighted by Gasteiger charge is -2.06. The van der Waals surface area contributed by atoms with Gasteiger partial charge in [-0.25, -0.2) is 4.98 Å². The Hall–Kier alpha value is -1.29. The Balaban J connectivity index is 2.07. The van der Waals surface area contributed by atoms with Crippen molar-refractivity contribution in [1.82, 2.24) is 10.3 Å². The molecule has 0 saturated heterocycles. The van der Waals surface area contributed by atoms with Crippen LogP contribution in [0.15, 0.2) is 18.3 Å². The maximum Gasteiger partial charge on any atom is 0.213 e. The van der Waals surface area contributed by atoms with Crippen LogP contribution in [-0.2, 0) is 0 Å². The highest BCUT2D eigenvalue weighted by atomic mass is 16.5. The zero-order valence-electron chi connectivity index (χ0n) is 9.20. The number of hydrogen-bond donors (Lipinski definition) is 2. The maximum atomic E-state index is 5.51. The monoisotopic (exact) mass is 209 g/mol. The van der Waals surface area contributed by atoms with Crippen LogP contribution in [0, 0.1) is 0 Å². The Morgan fingerprint density at radius 3 is 2.93 bits per heavy atom. The summed E-state index contributed by atoms with van der Waals surface area (Å²) in [5.41, 5.74) is 6.16. The third-order valence-corrected chi connectivity index (χ3v) is 2.00. The standard InChI is InChI=1S/C11H19N3O/c1-2-3-6-13-7-8-15-11-5-4-10(12)9-14-11/h4-5,9,13H,2-3,6-8,12H2,1H3. The zero-order chi connectivity index (χ0) is 10.9. The Morgan fingerprint density at radius 1 is 1.40 bits per heavy atom. The first-order valence-electron chi connectivity index (χ1n) is 5.38. The minimum absolute atomic E-state index is 0.626. The molecular weight excluding hydrogens is 190 g/mol. The predicted octanol–water partition coefficient (Wildman–Crippen LogP) is 1.43. The summed E-state index contributed by atoms with van der Waals surface area (Å²) in [4.78, 5) is 4.04. The highest BCUT2D eigenvalue weighted by Gasteiger charge is 1.94. The van der Waals surface area contributed by atoms with E-state index in [2.05, 4.69) is 17.2 Å². The molecule has 1 heterocycles. The van der Waals surface area contributed by atoms with E-state index >= 15 is 0 Å². The molecular formula is C11H19N3O. The largest absolute Gasteiger partial charge is 0.476 e. The zero-order valence-corrected chi connectivity index (χ0v) is 9.20. The molecule has 0 aromatic carbocycles. The van der Waals surface area contributed by atoms with Crippen LogP contribution in [0.1, 0.15) is 19.8 Å². The summed E-state index contributed by atoms with van der Waals surface area (Å²) in [6.07, 6.45) is 4.02. The molecule has 0 aliphatic rings. The molecule has 0 bridgehead atoms. The molecule has 4 heteroatoms. The fourth-order valence-corrected chi connectivity index (χ4v) is 1.13. The van der Waals surface area contributed by atoms with Crippen molar-refractivity contribution < 1.29 is 4.74 Å². The van der Waals surface area contributed by atoms with Crippen LogP contribution in [-0.4, -0.2) is 24.7 Å². The highest BCUT2D eigenvalue weighted by molar-refractivity contribution is 5.35. The third kappa shape index (κ3) is 5.22.